The van der Waals surface area contributed by atoms with E-state index >= 15 is 0 Å². The Kier molecular flexibility index (Phi) is 6.47. The van der Waals surface area contributed by atoms with E-state index in [-0.39, 0.29) is 11.3 Å². The maximum atomic E-state index is 12.6. The lowest BCUT2D eigenvalue weighted by Crippen LogP contribution is -2.27. The first-order chi connectivity index (χ1) is 14.2. The topological polar surface area (TPSA) is 82.9 Å². The van der Waals surface area contributed by atoms with E-state index in [0.717, 1.165) is 0 Å². The molecule has 0 aliphatic carbocycles. The molecule has 1 aromatic carbocycles. The molecule has 0 atom stereocenters. The summed E-state index contributed by atoms with van der Waals surface area (Å²) in [7, 11) is 2.51. The molecule has 0 fully saturated rings. The van der Waals surface area contributed by atoms with Gasteiger partial charge in [-0.25, -0.2) is 9.59 Å². The molecule has 29 heavy (non-hydrogen) atoms. The van der Waals surface area contributed by atoms with Gasteiger partial charge in [-0.3, -0.25) is 4.68 Å². The van der Waals surface area contributed by atoms with Gasteiger partial charge in [0.25, 0.3) is 0 Å². The molecule has 0 N–H and O–H groups in total. The van der Waals surface area contributed by atoms with Gasteiger partial charge in [-0.2, -0.15) is 5.10 Å². The molecule has 2 heterocycles. The lowest BCUT2D eigenvalue weighted by molar-refractivity contribution is -0.139. The third kappa shape index (κ3) is 4.55. The summed E-state index contributed by atoms with van der Waals surface area (Å²) in [6, 6.07) is 9.06. The lowest BCUT2D eigenvalue weighted by atomic mass is 10.1. The molecule has 1 aromatic heterocycles. The zero-order chi connectivity index (χ0) is 20.6. The highest BCUT2D eigenvalue weighted by atomic mass is 16.5. The standard InChI is InChI=1S/C21H21N3O5/c1-27-20(25)16-8-5-6-13-24(19(16)21(26)28-2)17-9-3-4-10-18(17)29-15-14-23-12-7-11-22-23/h3-13H,14-15H2,1-2H3. The zero-order valence-corrected chi connectivity index (χ0v) is 16.1. The van der Waals surface area contributed by atoms with Gasteiger partial charge in [-0.15, -0.1) is 0 Å². The Bertz CT molecular complexity index is 960. The van der Waals surface area contributed by atoms with Crippen LogP contribution in [0.15, 0.2) is 78.4 Å². The molecule has 0 bridgehead atoms. The number of allylic oxidation sites excluding steroid dienone is 2. The molecule has 0 saturated heterocycles. The minimum Gasteiger partial charge on any atom is -0.489 e. The summed E-state index contributed by atoms with van der Waals surface area (Å²) in [5.74, 6) is -0.780. The first-order valence-corrected chi connectivity index (χ1v) is 8.90. The van der Waals surface area contributed by atoms with E-state index in [9.17, 15) is 9.59 Å². The Morgan fingerprint density at radius 1 is 1.03 bits per heavy atom. The Balaban J connectivity index is 1.96. The van der Waals surface area contributed by atoms with Gasteiger partial charge in [0.05, 0.1) is 32.0 Å². The number of aromatic nitrogens is 2. The largest absolute Gasteiger partial charge is 0.489 e. The number of nitrogens with zero attached hydrogens (tertiary/aromatic N) is 3. The maximum absolute atomic E-state index is 12.6. The fourth-order valence-electron chi connectivity index (χ4n) is 2.81. The van der Waals surface area contributed by atoms with Crippen LogP contribution in [0.25, 0.3) is 0 Å². The van der Waals surface area contributed by atoms with Crippen LogP contribution < -0.4 is 9.64 Å². The third-order valence-electron chi connectivity index (χ3n) is 4.15. The molecule has 150 valence electrons. The Morgan fingerprint density at radius 3 is 2.55 bits per heavy atom. The number of esters is 2. The van der Waals surface area contributed by atoms with Crippen molar-refractivity contribution in [2.24, 2.45) is 0 Å². The fraction of sp³-hybridized carbons (Fsp3) is 0.190. The van der Waals surface area contributed by atoms with Crippen molar-refractivity contribution >= 4 is 17.6 Å². The second-order valence-corrected chi connectivity index (χ2v) is 5.90. The number of rotatable bonds is 7. The van der Waals surface area contributed by atoms with Crippen LogP contribution in [0.4, 0.5) is 5.69 Å². The van der Waals surface area contributed by atoms with Gasteiger partial charge in [0, 0.05) is 18.6 Å². The first-order valence-electron chi connectivity index (χ1n) is 8.90. The van der Waals surface area contributed by atoms with Gasteiger partial charge >= 0.3 is 11.9 Å². The van der Waals surface area contributed by atoms with Crippen LogP contribution in [0.5, 0.6) is 5.75 Å². The van der Waals surface area contributed by atoms with Gasteiger partial charge in [0.2, 0.25) is 0 Å². The Morgan fingerprint density at radius 2 is 1.83 bits per heavy atom. The van der Waals surface area contributed by atoms with Gasteiger partial charge in [-0.05, 0) is 30.4 Å². The number of carbonyl (C=O) groups excluding carboxylic acids is 2. The zero-order valence-electron chi connectivity index (χ0n) is 16.1. The van der Waals surface area contributed by atoms with Crippen molar-refractivity contribution in [2.75, 3.05) is 25.7 Å². The summed E-state index contributed by atoms with van der Waals surface area (Å²) >= 11 is 0. The van der Waals surface area contributed by atoms with Gasteiger partial charge in [0.15, 0.2) is 0 Å². The van der Waals surface area contributed by atoms with Crippen molar-refractivity contribution in [1.82, 2.24) is 9.78 Å². The molecule has 1 aliphatic heterocycles. The van der Waals surface area contributed by atoms with Crippen LogP contribution in [0, 0.1) is 0 Å². The highest BCUT2D eigenvalue weighted by molar-refractivity contribution is 6.05. The van der Waals surface area contributed by atoms with E-state index in [2.05, 4.69) is 5.10 Å². The monoisotopic (exact) mass is 395 g/mol. The highest BCUT2D eigenvalue weighted by Crippen LogP contribution is 2.33. The van der Waals surface area contributed by atoms with Crippen molar-refractivity contribution in [2.45, 2.75) is 6.54 Å². The molecule has 8 heteroatoms. The predicted molar refractivity (Wildman–Crippen MR) is 106 cm³/mol. The van der Waals surface area contributed by atoms with Crippen LogP contribution in [-0.2, 0) is 25.6 Å². The van der Waals surface area contributed by atoms with Gasteiger partial charge in [0.1, 0.15) is 18.1 Å². The average molecular weight is 395 g/mol. The van der Waals surface area contributed by atoms with Gasteiger partial charge < -0.3 is 19.1 Å². The van der Waals surface area contributed by atoms with Crippen molar-refractivity contribution in [1.29, 1.82) is 0 Å². The molecule has 2 aromatic rings. The predicted octanol–water partition coefficient (Wildman–Crippen LogP) is 2.45. The van der Waals surface area contributed by atoms with Crippen molar-refractivity contribution in [3.05, 3.63) is 78.4 Å². The van der Waals surface area contributed by atoms with Crippen LogP contribution in [-0.4, -0.2) is 42.5 Å². The number of anilines is 1. The van der Waals surface area contributed by atoms with Crippen LogP contribution in [0.2, 0.25) is 0 Å². The minimum absolute atomic E-state index is 0.0347. The van der Waals surface area contributed by atoms with Crippen LogP contribution >= 0.6 is 0 Å². The molecule has 0 spiro atoms. The summed E-state index contributed by atoms with van der Waals surface area (Å²) in [5, 5.41) is 4.14. The van der Waals surface area contributed by atoms with E-state index in [0.29, 0.717) is 24.6 Å². The molecule has 0 unspecified atom stereocenters. The molecule has 1 aliphatic rings. The number of carbonyl (C=O) groups is 2. The van der Waals surface area contributed by atoms with E-state index in [1.54, 1.807) is 46.3 Å². The van der Waals surface area contributed by atoms with Gasteiger partial charge in [-0.1, -0.05) is 18.2 Å². The first kappa shape index (κ1) is 19.9. The SMILES string of the molecule is COC(=O)C1=C(C(=O)OC)N(c2ccccc2OCCn2cccn2)C=CC=C1. The summed E-state index contributed by atoms with van der Waals surface area (Å²) in [6.45, 7) is 0.932. The van der Waals surface area contributed by atoms with E-state index < -0.39 is 11.9 Å². The molecule has 0 saturated carbocycles. The molecule has 8 nitrogen and oxygen atoms in total. The maximum Gasteiger partial charge on any atom is 0.355 e. The van der Waals surface area contributed by atoms with E-state index in [1.165, 1.54) is 20.3 Å². The number of hydrogen-bond acceptors (Lipinski definition) is 7. The lowest BCUT2D eigenvalue weighted by Gasteiger charge is -2.25. The molecule has 3 rings (SSSR count). The fourth-order valence-corrected chi connectivity index (χ4v) is 2.81. The summed E-state index contributed by atoms with van der Waals surface area (Å²) in [6.07, 6.45) is 10.1. The quantitative estimate of drug-likeness (QED) is 0.666. The van der Waals surface area contributed by atoms with Crippen molar-refractivity contribution < 1.29 is 23.8 Å². The molecular formula is C21H21N3O5. The molecule has 0 radical (unpaired) electrons. The number of methoxy groups -OCH3 is 2. The second-order valence-electron chi connectivity index (χ2n) is 5.90. The Hall–Kier alpha value is -3.81. The smallest absolute Gasteiger partial charge is 0.355 e. The number of para-hydroxylation sites is 2. The Labute approximate surface area is 168 Å². The molecular weight excluding hydrogens is 374 g/mol. The highest BCUT2D eigenvalue weighted by Gasteiger charge is 2.28. The average Bonchev–Trinajstić information content (AvgIpc) is 3.17. The summed E-state index contributed by atoms with van der Waals surface area (Å²) in [4.78, 5) is 26.4. The van der Waals surface area contributed by atoms with Crippen LogP contribution in [0.1, 0.15) is 0 Å². The normalized spacial score (nSPS) is 13.2. The molecule has 0 amide bonds. The minimum atomic E-state index is -0.673. The summed E-state index contributed by atoms with van der Waals surface area (Å²) in [5.41, 5.74) is 0.692. The van der Waals surface area contributed by atoms with Crippen molar-refractivity contribution in [3.63, 3.8) is 0 Å². The second kappa shape index (κ2) is 9.41. The number of ether oxygens (including phenoxy) is 3. The van der Waals surface area contributed by atoms with Crippen molar-refractivity contribution in [3.8, 4) is 5.75 Å². The summed E-state index contributed by atoms with van der Waals surface area (Å²) < 4.78 is 17.5. The van der Waals surface area contributed by atoms with Crippen LogP contribution in [0.3, 0.4) is 0 Å². The number of hydrogen-bond donors (Lipinski definition) is 0. The van der Waals surface area contributed by atoms with E-state index in [1.807, 2.05) is 24.4 Å². The van der Waals surface area contributed by atoms with E-state index in [4.69, 9.17) is 14.2 Å². The third-order valence-corrected chi connectivity index (χ3v) is 4.15. The number of benzene rings is 1.